The normalized spacial score (nSPS) is 10.9. The third kappa shape index (κ3) is 4.92. The fourth-order valence-electron chi connectivity index (χ4n) is 1.81. The molecule has 0 unspecified atom stereocenters. The Bertz CT molecular complexity index is 299. The highest BCUT2D eigenvalue weighted by Crippen LogP contribution is 2.09. The van der Waals surface area contributed by atoms with Crippen molar-refractivity contribution in [3.63, 3.8) is 0 Å². The zero-order valence-corrected chi connectivity index (χ0v) is 11.2. The zero-order valence-electron chi connectivity index (χ0n) is 10.4. The molecular weight excluding hydrogens is 220 g/mol. The second-order valence-corrected chi connectivity index (χ2v) is 4.61. The van der Waals surface area contributed by atoms with E-state index in [0.29, 0.717) is 5.22 Å². The number of aromatic nitrogens is 2. The Labute approximate surface area is 104 Å². The molecule has 0 aliphatic rings. The van der Waals surface area contributed by atoms with Gasteiger partial charge in [-0.25, -0.2) is 0 Å². The summed E-state index contributed by atoms with van der Waals surface area (Å²) in [5, 5.41) is 4.36. The lowest BCUT2D eigenvalue weighted by atomic mass is 10.1. The maximum absolute atomic E-state index is 5.33. The average Bonchev–Trinajstić information content (AvgIpc) is 2.56. The Morgan fingerprint density at radius 1 is 1.12 bits per heavy atom. The molecule has 0 saturated carbocycles. The predicted octanol–water partition coefficient (Wildman–Crippen LogP) is 2.70. The van der Waals surface area contributed by atoms with Crippen LogP contribution < -0.4 is 4.68 Å². The van der Waals surface area contributed by atoms with Crippen LogP contribution in [0, 0.1) is 0 Å². The van der Waals surface area contributed by atoms with Gasteiger partial charge in [-0.2, -0.15) is 0 Å². The maximum Gasteiger partial charge on any atom is 0.372 e. The lowest BCUT2D eigenvalue weighted by Gasteiger charge is -1.98. The predicted molar refractivity (Wildman–Crippen MR) is 65.0 cm³/mol. The van der Waals surface area contributed by atoms with E-state index in [2.05, 4.69) is 12.0 Å². The van der Waals surface area contributed by atoms with Crippen molar-refractivity contribution in [1.82, 2.24) is 5.10 Å². The van der Waals surface area contributed by atoms with Gasteiger partial charge in [-0.15, -0.1) is 0 Å². The fourth-order valence-corrected chi connectivity index (χ4v) is 2.03. The summed E-state index contributed by atoms with van der Waals surface area (Å²) in [4.78, 5) is 0. The van der Waals surface area contributed by atoms with Crippen LogP contribution >= 0.6 is 0 Å². The highest BCUT2D eigenvalue weighted by Gasteiger charge is 2.11. The third-order valence-electron chi connectivity index (χ3n) is 2.79. The molecule has 1 aromatic rings. The Morgan fingerprint density at radius 2 is 1.75 bits per heavy atom. The van der Waals surface area contributed by atoms with E-state index in [-0.39, 0.29) is 0 Å². The van der Waals surface area contributed by atoms with Gasteiger partial charge in [0.2, 0.25) is 0 Å². The first-order valence-corrected chi connectivity index (χ1v) is 6.68. The van der Waals surface area contributed by atoms with Crippen molar-refractivity contribution in [2.45, 2.75) is 63.5 Å². The SMILES string of the molecule is CCCCCCCCCc1oc([S-])n[n+]1C. The van der Waals surface area contributed by atoms with E-state index < -0.39 is 0 Å². The Morgan fingerprint density at radius 3 is 2.31 bits per heavy atom. The Balaban J connectivity index is 2.05. The van der Waals surface area contributed by atoms with E-state index >= 15 is 0 Å². The molecule has 1 rings (SSSR count). The summed E-state index contributed by atoms with van der Waals surface area (Å²) in [7, 11) is 1.88. The Kier molecular flexibility index (Phi) is 6.38. The summed E-state index contributed by atoms with van der Waals surface area (Å²) in [6.45, 7) is 2.25. The molecule has 0 spiro atoms. The van der Waals surface area contributed by atoms with E-state index in [1.807, 2.05) is 7.05 Å². The van der Waals surface area contributed by atoms with Gasteiger partial charge in [-0.05, 0) is 6.42 Å². The fraction of sp³-hybridized carbons (Fsp3) is 0.833. The van der Waals surface area contributed by atoms with Gasteiger partial charge >= 0.3 is 5.89 Å². The summed E-state index contributed by atoms with van der Waals surface area (Å²) >= 11 is 4.87. The van der Waals surface area contributed by atoms with E-state index in [1.165, 1.54) is 44.9 Å². The average molecular weight is 242 g/mol. The van der Waals surface area contributed by atoms with Crippen molar-refractivity contribution in [1.29, 1.82) is 0 Å². The zero-order chi connectivity index (χ0) is 11.8. The monoisotopic (exact) mass is 242 g/mol. The van der Waals surface area contributed by atoms with Gasteiger partial charge < -0.3 is 17.0 Å². The van der Waals surface area contributed by atoms with Crippen LogP contribution in [0.25, 0.3) is 0 Å². The molecule has 0 radical (unpaired) electrons. The molecule has 1 heterocycles. The molecule has 1 aromatic heterocycles. The van der Waals surface area contributed by atoms with E-state index in [1.54, 1.807) is 4.68 Å². The third-order valence-corrected chi connectivity index (χ3v) is 2.96. The molecule has 0 amide bonds. The van der Waals surface area contributed by atoms with Crippen molar-refractivity contribution < 1.29 is 9.10 Å². The molecular formula is C12H22N2OS. The second-order valence-electron chi connectivity index (χ2n) is 4.26. The molecule has 0 aliphatic heterocycles. The smallest absolute Gasteiger partial charge is 0.372 e. The first-order chi connectivity index (χ1) is 7.74. The van der Waals surface area contributed by atoms with Crippen molar-refractivity contribution in [2.75, 3.05) is 0 Å². The highest BCUT2D eigenvalue weighted by molar-refractivity contribution is 7.58. The molecule has 0 fully saturated rings. The summed E-state index contributed by atoms with van der Waals surface area (Å²) in [6, 6.07) is 0. The van der Waals surface area contributed by atoms with E-state index in [9.17, 15) is 0 Å². The van der Waals surface area contributed by atoms with Crippen LogP contribution in [0.3, 0.4) is 0 Å². The van der Waals surface area contributed by atoms with E-state index in [4.69, 9.17) is 17.0 Å². The van der Waals surface area contributed by atoms with Gasteiger partial charge in [0.15, 0.2) is 7.05 Å². The van der Waals surface area contributed by atoms with Crippen LogP contribution in [0.1, 0.15) is 57.8 Å². The molecule has 0 aliphatic carbocycles. The number of nitrogens with zero attached hydrogens (tertiary/aromatic N) is 2. The minimum atomic E-state index is 0.348. The summed E-state index contributed by atoms with van der Waals surface area (Å²) in [6.07, 6.45) is 10.2. The molecule has 0 saturated heterocycles. The van der Waals surface area contributed by atoms with E-state index in [0.717, 1.165) is 12.3 Å². The van der Waals surface area contributed by atoms with Crippen LogP contribution in [-0.4, -0.2) is 5.10 Å². The van der Waals surface area contributed by atoms with Gasteiger partial charge in [0.25, 0.3) is 0 Å². The molecule has 0 bridgehead atoms. The first kappa shape index (κ1) is 13.4. The largest absolute Gasteiger partial charge is 0.715 e. The lowest BCUT2D eigenvalue weighted by Crippen LogP contribution is -2.34. The van der Waals surface area contributed by atoms with Gasteiger partial charge in [0.1, 0.15) is 5.22 Å². The van der Waals surface area contributed by atoms with Gasteiger partial charge in [-0.1, -0.05) is 50.1 Å². The van der Waals surface area contributed by atoms with Crippen molar-refractivity contribution in [3.05, 3.63) is 5.89 Å². The number of aryl methyl sites for hydroxylation is 2. The summed E-state index contributed by atoms with van der Waals surface area (Å²) in [5.74, 6) is 0.901. The lowest BCUT2D eigenvalue weighted by molar-refractivity contribution is -0.739. The van der Waals surface area contributed by atoms with Crippen molar-refractivity contribution in [3.8, 4) is 0 Å². The van der Waals surface area contributed by atoms with Crippen molar-refractivity contribution >= 4 is 12.6 Å². The molecule has 92 valence electrons. The highest BCUT2D eigenvalue weighted by atomic mass is 32.1. The minimum absolute atomic E-state index is 0.348. The van der Waals surface area contributed by atoms with Crippen LogP contribution in [0.4, 0.5) is 0 Å². The van der Waals surface area contributed by atoms with Crippen LogP contribution in [0.5, 0.6) is 0 Å². The number of hydrogen-bond donors (Lipinski definition) is 0. The molecule has 0 aromatic carbocycles. The Hall–Kier alpha value is -0.640. The van der Waals surface area contributed by atoms with Crippen LogP contribution in [0.15, 0.2) is 9.64 Å². The number of hydrogen-bond acceptors (Lipinski definition) is 3. The van der Waals surface area contributed by atoms with Crippen LogP contribution in [0.2, 0.25) is 0 Å². The maximum atomic E-state index is 5.33. The summed E-state index contributed by atoms with van der Waals surface area (Å²) < 4.78 is 7.08. The molecule has 3 nitrogen and oxygen atoms in total. The first-order valence-electron chi connectivity index (χ1n) is 6.27. The minimum Gasteiger partial charge on any atom is -0.715 e. The second kappa shape index (κ2) is 7.60. The van der Waals surface area contributed by atoms with Crippen molar-refractivity contribution in [2.24, 2.45) is 7.05 Å². The standard InChI is InChI=1S/C12H22N2OS/c1-3-4-5-6-7-8-9-10-11-14(2)13-12(16)15-11/h3-10H2,1-2H3. The van der Waals surface area contributed by atoms with Crippen LogP contribution in [-0.2, 0) is 26.1 Å². The number of rotatable bonds is 8. The topological polar surface area (TPSA) is 29.9 Å². The quantitative estimate of drug-likeness (QED) is 0.399. The summed E-state index contributed by atoms with van der Waals surface area (Å²) in [5.41, 5.74) is 0. The molecule has 16 heavy (non-hydrogen) atoms. The molecule has 0 atom stereocenters. The molecule has 4 heteroatoms. The van der Waals surface area contributed by atoms with Gasteiger partial charge in [0, 0.05) is 5.10 Å². The van der Waals surface area contributed by atoms with Gasteiger partial charge in [-0.3, -0.25) is 0 Å². The number of unbranched alkanes of at least 4 members (excludes halogenated alkanes) is 6. The molecule has 0 N–H and O–H groups in total. The van der Waals surface area contributed by atoms with Gasteiger partial charge in [0.05, 0.1) is 6.42 Å².